The number of rotatable bonds is 2. The summed E-state index contributed by atoms with van der Waals surface area (Å²) in [6.45, 7) is 4.53. The van der Waals surface area contributed by atoms with Gasteiger partial charge in [0.15, 0.2) is 0 Å². The highest BCUT2D eigenvalue weighted by Gasteiger charge is 2.08. The van der Waals surface area contributed by atoms with Crippen molar-refractivity contribution in [3.8, 4) is 0 Å². The molecule has 12 heavy (non-hydrogen) atoms. The molecular formula is C8H13NO3. The highest BCUT2D eigenvalue weighted by Crippen LogP contribution is 2.01. The van der Waals surface area contributed by atoms with Crippen molar-refractivity contribution in [1.29, 1.82) is 0 Å². The largest absolute Gasteiger partial charge is 0.478 e. The van der Waals surface area contributed by atoms with Crippen LogP contribution in [0.1, 0.15) is 6.92 Å². The number of carboxylic acids is 1. The van der Waals surface area contributed by atoms with Gasteiger partial charge in [0, 0.05) is 24.9 Å². The Labute approximate surface area is 71.4 Å². The lowest BCUT2D eigenvalue weighted by molar-refractivity contribution is -0.132. The zero-order chi connectivity index (χ0) is 8.97. The van der Waals surface area contributed by atoms with E-state index >= 15 is 0 Å². The van der Waals surface area contributed by atoms with Crippen LogP contribution >= 0.6 is 0 Å². The van der Waals surface area contributed by atoms with Gasteiger partial charge in [0.1, 0.15) is 0 Å². The van der Waals surface area contributed by atoms with Crippen molar-refractivity contribution < 1.29 is 14.6 Å². The van der Waals surface area contributed by atoms with Crippen molar-refractivity contribution in [2.24, 2.45) is 0 Å². The number of ether oxygens (including phenoxy) is 1. The zero-order valence-corrected chi connectivity index (χ0v) is 7.12. The molecule has 0 aromatic rings. The van der Waals surface area contributed by atoms with E-state index in [2.05, 4.69) is 0 Å². The average molecular weight is 171 g/mol. The van der Waals surface area contributed by atoms with Crippen molar-refractivity contribution in [1.82, 2.24) is 4.90 Å². The maximum atomic E-state index is 10.4. The second-order valence-electron chi connectivity index (χ2n) is 2.77. The van der Waals surface area contributed by atoms with Gasteiger partial charge in [-0.3, -0.25) is 0 Å². The van der Waals surface area contributed by atoms with Gasteiger partial charge < -0.3 is 14.7 Å². The number of morpholine rings is 1. The molecule has 0 spiro atoms. The van der Waals surface area contributed by atoms with Crippen LogP contribution in [0.15, 0.2) is 11.8 Å². The van der Waals surface area contributed by atoms with Crippen LogP contribution < -0.4 is 0 Å². The van der Waals surface area contributed by atoms with E-state index < -0.39 is 5.97 Å². The molecule has 0 aliphatic carbocycles. The van der Waals surface area contributed by atoms with Gasteiger partial charge in [0.05, 0.1) is 13.2 Å². The first-order chi connectivity index (χ1) is 5.70. The Morgan fingerprint density at radius 2 is 2.08 bits per heavy atom. The molecule has 4 nitrogen and oxygen atoms in total. The van der Waals surface area contributed by atoms with Crippen LogP contribution in [0.3, 0.4) is 0 Å². The summed E-state index contributed by atoms with van der Waals surface area (Å²) in [6.07, 6.45) is 1.67. The van der Waals surface area contributed by atoms with Crippen LogP contribution in [0.5, 0.6) is 0 Å². The van der Waals surface area contributed by atoms with Crippen molar-refractivity contribution in [2.45, 2.75) is 6.92 Å². The van der Waals surface area contributed by atoms with E-state index in [-0.39, 0.29) is 0 Å². The third kappa shape index (κ3) is 2.54. The van der Waals surface area contributed by atoms with Gasteiger partial charge in [-0.15, -0.1) is 0 Å². The van der Waals surface area contributed by atoms with E-state index in [0.717, 1.165) is 13.1 Å². The minimum Gasteiger partial charge on any atom is -0.478 e. The van der Waals surface area contributed by atoms with E-state index in [1.807, 2.05) is 4.90 Å². The molecular weight excluding hydrogens is 158 g/mol. The third-order valence-electron chi connectivity index (χ3n) is 1.76. The first-order valence-corrected chi connectivity index (χ1v) is 3.93. The second-order valence-corrected chi connectivity index (χ2v) is 2.77. The predicted octanol–water partition coefficient (Wildman–Crippen LogP) is 0.307. The zero-order valence-electron chi connectivity index (χ0n) is 7.12. The predicted molar refractivity (Wildman–Crippen MR) is 43.8 cm³/mol. The minimum atomic E-state index is -0.860. The van der Waals surface area contributed by atoms with Crippen LogP contribution in [-0.2, 0) is 9.53 Å². The molecule has 1 aliphatic rings. The molecule has 4 heteroatoms. The molecule has 0 amide bonds. The first-order valence-electron chi connectivity index (χ1n) is 3.93. The monoisotopic (exact) mass is 171 g/mol. The SMILES string of the molecule is CC(=CN1CCOCC1)C(=O)O. The molecule has 0 radical (unpaired) electrons. The molecule has 1 heterocycles. The van der Waals surface area contributed by atoms with E-state index in [4.69, 9.17) is 9.84 Å². The molecule has 1 saturated heterocycles. The lowest BCUT2D eigenvalue weighted by Crippen LogP contribution is -2.32. The molecule has 68 valence electrons. The molecule has 1 aliphatic heterocycles. The summed E-state index contributed by atoms with van der Waals surface area (Å²) in [4.78, 5) is 12.4. The van der Waals surface area contributed by atoms with Gasteiger partial charge >= 0.3 is 5.97 Å². The standard InChI is InChI=1S/C8H13NO3/c1-7(8(10)11)6-9-2-4-12-5-3-9/h6H,2-5H2,1H3,(H,10,11). The summed E-state index contributed by atoms with van der Waals surface area (Å²) < 4.78 is 5.12. The second kappa shape index (κ2) is 4.11. The Kier molecular flexibility index (Phi) is 3.10. The normalized spacial score (nSPS) is 19.4. The van der Waals surface area contributed by atoms with Crippen LogP contribution in [0, 0.1) is 0 Å². The Hall–Kier alpha value is -1.03. The maximum Gasteiger partial charge on any atom is 0.332 e. The molecule has 0 atom stereocenters. The summed E-state index contributed by atoms with van der Waals surface area (Å²) >= 11 is 0. The van der Waals surface area contributed by atoms with Crippen molar-refractivity contribution in [3.63, 3.8) is 0 Å². The summed E-state index contributed by atoms with van der Waals surface area (Å²) in [6, 6.07) is 0. The average Bonchev–Trinajstić information content (AvgIpc) is 2.06. The van der Waals surface area contributed by atoms with Gasteiger partial charge in [-0.2, -0.15) is 0 Å². The van der Waals surface area contributed by atoms with Crippen molar-refractivity contribution >= 4 is 5.97 Å². The summed E-state index contributed by atoms with van der Waals surface area (Å²) in [5.41, 5.74) is 0.372. The molecule has 0 aromatic heterocycles. The first kappa shape index (κ1) is 9.06. The lowest BCUT2D eigenvalue weighted by Gasteiger charge is -2.25. The fraction of sp³-hybridized carbons (Fsp3) is 0.625. The van der Waals surface area contributed by atoms with E-state index in [0.29, 0.717) is 18.8 Å². The summed E-state index contributed by atoms with van der Waals surface area (Å²) in [5, 5.41) is 8.59. The fourth-order valence-electron chi connectivity index (χ4n) is 1.04. The number of hydrogen-bond donors (Lipinski definition) is 1. The van der Waals surface area contributed by atoms with Crippen molar-refractivity contribution in [3.05, 3.63) is 11.8 Å². The number of carboxylic acid groups (broad SMARTS) is 1. The highest BCUT2D eigenvalue weighted by atomic mass is 16.5. The molecule has 0 unspecified atom stereocenters. The van der Waals surface area contributed by atoms with Gasteiger partial charge in [-0.1, -0.05) is 0 Å². The van der Waals surface area contributed by atoms with E-state index in [1.165, 1.54) is 0 Å². The molecule has 0 bridgehead atoms. The van der Waals surface area contributed by atoms with Gasteiger partial charge in [-0.25, -0.2) is 4.79 Å². The van der Waals surface area contributed by atoms with Crippen LogP contribution in [0.2, 0.25) is 0 Å². The quantitative estimate of drug-likeness (QED) is 0.607. The number of carbonyl (C=O) groups is 1. The van der Waals surface area contributed by atoms with Crippen LogP contribution in [0.25, 0.3) is 0 Å². The van der Waals surface area contributed by atoms with Gasteiger partial charge in [-0.05, 0) is 6.92 Å². The molecule has 1 rings (SSSR count). The molecule has 0 aromatic carbocycles. The van der Waals surface area contributed by atoms with Crippen LogP contribution in [-0.4, -0.2) is 42.3 Å². The van der Waals surface area contributed by atoms with Crippen LogP contribution in [0.4, 0.5) is 0 Å². The van der Waals surface area contributed by atoms with E-state index in [9.17, 15) is 4.79 Å². The Morgan fingerprint density at radius 1 is 1.50 bits per heavy atom. The Bertz CT molecular complexity index is 194. The fourth-order valence-corrected chi connectivity index (χ4v) is 1.04. The molecule has 1 fully saturated rings. The molecule has 0 saturated carbocycles. The molecule has 1 N–H and O–H groups in total. The third-order valence-corrected chi connectivity index (χ3v) is 1.76. The maximum absolute atomic E-state index is 10.4. The lowest BCUT2D eigenvalue weighted by atomic mass is 10.3. The van der Waals surface area contributed by atoms with E-state index in [1.54, 1.807) is 13.1 Å². The smallest absolute Gasteiger partial charge is 0.332 e. The Morgan fingerprint density at radius 3 is 2.58 bits per heavy atom. The topological polar surface area (TPSA) is 49.8 Å². The highest BCUT2D eigenvalue weighted by molar-refractivity contribution is 5.85. The van der Waals surface area contributed by atoms with Crippen molar-refractivity contribution in [2.75, 3.05) is 26.3 Å². The number of aliphatic carboxylic acids is 1. The number of nitrogens with zero attached hydrogens (tertiary/aromatic N) is 1. The number of hydrogen-bond acceptors (Lipinski definition) is 3. The van der Waals surface area contributed by atoms with Gasteiger partial charge in [0.2, 0.25) is 0 Å². The summed E-state index contributed by atoms with van der Waals surface area (Å²) in [7, 11) is 0. The van der Waals surface area contributed by atoms with Gasteiger partial charge in [0.25, 0.3) is 0 Å². The minimum absolute atomic E-state index is 0.372. The Balaban J connectivity index is 2.47. The summed E-state index contributed by atoms with van der Waals surface area (Å²) in [5.74, 6) is -0.860.